The van der Waals surface area contributed by atoms with Crippen LogP contribution in [0.5, 0.6) is 0 Å². The zero-order valence-electron chi connectivity index (χ0n) is 30.7. The van der Waals surface area contributed by atoms with Crippen LogP contribution in [0.2, 0.25) is 0 Å². The Hall–Kier alpha value is -7.42. The van der Waals surface area contributed by atoms with Gasteiger partial charge in [0.2, 0.25) is 0 Å². The molecule has 0 unspecified atom stereocenters. The van der Waals surface area contributed by atoms with E-state index in [2.05, 4.69) is 228 Å². The number of rotatable bonds is 6. The van der Waals surface area contributed by atoms with Gasteiger partial charge in [0.1, 0.15) is 0 Å². The largest absolute Gasteiger partial charge is 0.307 e. The molecule has 2 nitrogen and oxygen atoms in total. The topological polar surface area (TPSA) is 9.86 Å². The van der Waals surface area contributed by atoms with Crippen LogP contribution in [0.1, 0.15) is 0 Å². The molecular formula is C54H36N2. The molecule has 56 heavy (non-hydrogen) atoms. The van der Waals surface area contributed by atoms with Gasteiger partial charge in [-0.15, -0.1) is 0 Å². The summed E-state index contributed by atoms with van der Waals surface area (Å²) >= 11 is 0. The van der Waals surface area contributed by atoms with Gasteiger partial charge >= 0.3 is 0 Å². The summed E-state index contributed by atoms with van der Waals surface area (Å²) in [6.07, 6.45) is 0. The first kappa shape index (κ1) is 32.0. The minimum absolute atomic E-state index is 1.13. The fourth-order valence-corrected chi connectivity index (χ4v) is 8.68. The number of aromatic nitrogens is 2. The van der Waals surface area contributed by atoms with Crippen LogP contribution in [0.3, 0.4) is 0 Å². The second-order valence-corrected chi connectivity index (χ2v) is 14.6. The summed E-state index contributed by atoms with van der Waals surface area (Å²) in [6.45, 7) is 0. The van der Waals surface area contributed by atoms with Gasteiger partial charge in [-0.25, -0.2) is 0 Å². The smallest absolute Gasteiger partial charge is 0.0788 e. The van der Waals surface area contributed by atoms with Crippen LogP contribution >= 0.6 is 0 Å². The van der Waals surface area contributed by atoms with Gasteiger partial charge in [-0.3, -0.25) is 0 Å². The third-order valence-corrected chi connectivity index (χ3v) is 11.3. The fraction of sp³-hybridized carbons (Fsp3) is 0. The van der Waals surface area contributed by atoms with Crippen molar-refractivity contribution in [3.8, 4) is 55.9 Å². The molecule has 11 rings (SSSR count). The minimum Gasteiger partial charge on any atom is -0.307 e. The van der Waals surface area contributed by atoms with Crippen LogP contribution in [0.4, 0.5) is 0 Å². The number of benzene rings is 9. The van der Waals surface area contributed by atoms with Gasteiger partial charge in [-0.2, -0.15) is 0 Å². The second-order valence-electron chi connectivity index (χ2n) is 14.6. The highest BCUT2D eigenvalue weighted by Gasteiger charge is 2.22. The lowest BCUT2D eigenvalue weighted by molar-refractivity contribution is 1.15. The summed E-state index contributed by atoms with van der Waals surface area (Å²) in [5.41, 5.74) is 16.6. The van der Waals surface area contributed by atoms with Gasteiger partial charge in [0.25, 0.3) is 0 Å². The van der Waals surface area contributed by atoms with Crippen LogP contribution in [0.25, 0.3) is 99.5 Å². The lowest BCUT2D eigenvalue weighted by Crippen LogP contribution is -1.99. The third kappa shape index (κ3) is 5.26. The molecule has 0 atom stereocenters. The first-order chi connectivity index (χ1) is 27.8. The number of nitrogens with zero attached hydrogens (tertiary/aromatic N) is 2. The van der Waals surface area contributed by atoms with E-state index in [1.54, 1.807) is 0 Å². The number of para-hydroxylation sites is 2. The van der Waals surface area contributed by atoms with Crippen molar-refractivity contribution in [1.82, 2.24) is 9.13 Å². The van der Waals surface area contributed by atoms with E-state index in [-0.39, 0.29) is 0 Å². The average molecular weight is 713 g/mol. The lowest BCUT2D eigenvalue weighted by atomic mass is 9.95. The Morgan fingerprint density at radius 1 is 0.214 bits per heavy atom. The van der Waals surface area contributed by atoms with Gasteiger partial charge in [-0.05, 0) is 93.0 Å². The number of hydrogen-bond donors (Lipinski definition) is 0. The lowest BCUT2D eigenvalue weighted by Gasteiger charge is -2.16. The van der Waals surface area contributed by atoms with E-state index in [0.29, 0.717) is 0 Å². The molecule has 262 valence electrons. The standard InChI is InChI=1S/C54H36N2/c1-4-15-37(16-5-1)40-27-29-45(30-28-40)55-51-25-12-10-23-47(51)49-31-32-50-48-24-11-13-26-52(48)56(54(50)53(49)55)46-35-43(39-19-8-3-9-20-39)34-44(36-46)42-22-14-21-41(33-42)38-17-6-2-7-18-38/h1-36H. The molecule has 0 saturated carbocycles. The van der Waals surface area contributed by atoms with Crippen LogP contribution in [-0.2, 0) is 0 Å². The molecule has 0 aliphatic carbocycles. The Kier molecular flexibility index (Phi) is 7.53. The molecule has 2 heteroatoms. The van der Waals surface area contributed by atoms with Gasteiger partial charge in [0.15, 0.2) is 0 Å². The summed E-state index contributed by atoms with van der Waals surface area (Å²) in [5.74, 6) is 0. The normalized spacial score (nSPS) is 11.6. The number of hydrogen-bond acceptors (Lipinski definition) is 0. The Labute approximate surface area is 325 Å². The van der Waals surface area contributed by atoms with Gasteiger partial charge in [0, 0.05) is 32.9 Å². The molecule has 0 aliphatic heterocycles. The molecule has 9 aromatic carbocycles. The monoisotopic (exact) mass is 712 g/mol. The van der Waals surface area contributed by atoms with E-state index in [1.165, 1.54) is 88.1 Å². The highest BCUT2D eigenvalue weighted by atomic mass is 15.0. The van der Waals surface area contributed by atoms with E-state index < -0.39 is 0 Å². The van der Waals surface area contributed by atoms with Crippen molar-refractivity contribution in [1.29, 1.82) is 0 Å². The molecule has 0 spiro atoms. The summed E-state index contributed by atoms with van der Waals surface area (Å²) in [7, 11) is 0. The molecule has 0 bridgehead atoms. The Morgan fingerprint density at radius 2 is 0.589 bits per heavy atom. The zero-order chi connectivity index (χ0) is 37.0. The molecule has 0 amide bonds. The molecular weight excluding hydrogens is 677 g/mol. The van der Waals surface area contributed by atoms with Crippen LogP contribution in [0.15, 0.2) is 218 Å². The summed E-state index contributed by atoms with van der Waals surface area (Å²) in [5, 5.41) is 4.94. The summed E-state index contributed by atoms with van der Waals surface area (Å²) in [4.78, 5) is 0. The van der Waals surface area contributed by atoms with Crippen molar-refractivity contribution < 1.29 is 0 Å². The maximum atomic E-state index is 2.51. The Balaban J connectivity index is 1.22. The van der Waals surface area contributed by atoms with Crippen LogP contribution in [0, 0.1) is 0 Å². The van der Waals surface area contributed by atoms with Crippen LogP contribution < -0.4 is 0 Å². The molecule has 11 aromatic rings. The van der Waals surface area contributed by atoms with Crippen molar-refractivity contribution in [2.24, 2.45) is 0 Å². The van der Waals surface area contributed by atoms with Crippen molar-refractivity contribution in [3.05, 3.63) is 218 Å². The molecule has 2 heterocycles. The van der Waals surface area contributed by atoms with Crippen LogP contribution in [-0.4, -0.2) is 9.13 Å². The molecule has 2 aromatic heterocycles. The summed E-state index contributed by atoms with van der Waals surface area (Å²) < 4.78 is 4.99. The molecule has 0 radical (unpaired) electrons. The quantitative estimate of drug-likeness (QED) is 0.162. The average Bonchev–Trinajstić information content (AvgIpc) is 3.80. The van der Waals surface area contributed by atoms with E-state index in [1.807, 2.05) is 0 Å². The maximum Gasteiger partial charge on any atom is 0.0788 e. The third-order valence-electron chi connectivity index (χ3n) is 11.3. The molecule has 0 N–H and O–H groups in total. The number of fused-ring (bicyclic) bond motifs is 7. The first-order valence-corrected chi connectivity index (χ1v) is 19.3. The molecule has 0 fully saturated rings. The van der Waals surface area contributed by atoms with E-state index >= 15 is 0 Å². The van der Waals surface area contributed by atoms with Crippen molar-refractivity contribution in [3.63, 3.8) is 0 Å². The summed E-state index contributed by atoms with van der Waals surface area (Å²) in [6, 6.07) is 79.5. The Morgan fingerprint density at radius 3 is 1.14 bits per heavy atom. The van der Waals surface area contributed by atoms with E-state index in [9.17, 15) is 0 Å². The predicted molar refractivity (Wildman–Crippen MR) is 237 cm³/mol. The van der Waals surface area contributed by atoms with Crippen molar-refractivity contribution in [2.45, 2.75) is 0 Å². The minimum atomic E-state index is 1.13. The molecule has 0 aliphatic rings. The van der Waals surface area contributed by atoms with Gasteiger partial charge in [-0.1, -0.05) is 170 Å². The van der Waals surface area contributed by atoms with E-state index in [0.717, 1.165) is 11.4 Å². The first-order valence-electron chi connectivity index (χ1n) is 19.3. The predicted octanol–water partition coefficient (Wildman–Crippen LogP) is 14.5. The highest BCUT2D eigenvalue weighted by molar-refractivity contribution is 6.23. The SMILES string of the molecule is c1ccc(-c2ccc(-n3c4ccccc4c4ccc5c6ccccc6n(-c6cc(-c7ccccc7)cc(-c7cccc(-c8ccccc8)c7)c6)c5c43)cc2)cc1. The fourth-order valence-electron chi connectivity index (χ4n) is 8.68. The van der Waals surface area contributed by atoms with Crippen molar-refractivity contribution >= 4 is 43.6 Å². The van der Waals surface area contributed by atoms with Gasteiger partial charge in [0.05, 0.1) is 22.1 Å². The van der Waals surface area contributed by atoms with E-state index in [4.69, 9.17) is 0 Å². The zero-order valence-corrected chi connectivity index (χ0v) is 30.7. The highest BCUT2D eigenvalue weighted by Crippen LogP contribution is 2.43. The molecule has 0 saturated heterocycles. The Bertz CT molecular complexity index is 3210. The van der Waals surface area contributed by atoms with Gasteiger partial charge < -0.3 is 9.13 Å². The maximum absolute atomic E-state index is 2.51. The van der Waals surface area contributed by atoms with Crippen molar-refractivity contribution in [2.75, 3.05) is 0 Å². The second kappa shape index (κ2) is 13.2.